The molecule has 0 unspecified atom stereocenters. The van der Waals surface area contributed by atoms with Crippen LogP contribution in [0.4, 0.5) is 19.0 Å². The van der Waals surface area contributed by atoms with E-state index in [1.165, 1.54) is 16.0 Å². The van der Waals surface area contributed by atoms with Crippen LogP contribution in [-0.2, 0) is 24.2 Å². The second-order valence-corrected chi connectivity index (χ2v) is 9.27. The Labute approximate surface area is 203 Å². The molecule has 184 valence electrons. The maximum Gasteiger partial charge on any atom is 0.490 e. The molecule has 11 heteroatoms. The molecule has 2 aliphatic heterocycles. The van der Waals surface area contributed by atoms with E-state index in [2.05, 4.69) is 28.3 Å². The largest absolute Gasteiger partial charge is 0.493 e. The summed E-state index contributed by atoms with van der Waals surface area (Å²) < 4.78 is 37.3. The monoisotopic (exact) mass is 505 g/mol. The Morgan fingerprint density at radius 2 is 1.91 bits per heavy atom. The minimum atomic E-state index is -5.08. The molecule has 5 rings (SSSR count). The number of fused-ring (bicyclic) bond motifs is 2. The molecule has 3 aromatic rings. The third-order valence-electron chi connectivity index (χ3n) is 5.52. The summed E-state index contributed by atoms with van der Waals surface area (Å²) in [5, 5.41) is 10.1. The molecular formula is C24H22F3N3O4S. The number of alkyl halides is 3. The molecule has 0 saturated carbocycles. The van der Waals surface area contributed by atoms with E-state index >= 15 is 0 Å². The van der Waals surface area contributed by atoms with Crippen LogP contribution in [0.5, 0.6) is 5.75 Å². The molecule has 0 atom stereocenters. The zero-order chi connectivity index (χ0) is 25.2. The average molecular weight is 506 g/mol. The zero-order valence-electron chi connectivity index (χ0n) is 18.7. The van der Waals surface area contributed by atoms with E-state index in [1.54, 1.807) is 11.3 Å². The predicted molar refractivity (Wildman–Crippen MR) is 125 cm³/mol. The molecule has 0 radical (unpaired) electrons. The van der Waals surface area contributed by atoms with Gasteiger partial charge < -0.3 is 20.1 Å². The second-order valence-electron chi connectivity index (χ2n) is 8.13. The number of anilines is 1. The number of aromatic nitrogens is 1. The molecule has 35 heavy (non-hydrogen) atoms. The SMILES string of the molecule is CN1CCc2cc(C(=O)Nc3cccc(-c4ccc5c(c4)CCO5)n3)sc2C1.O=C(O)C(F)(F)F. The number of hydrogen-bond acceptors (Lipinski definition) is 6. The molecule has 0 bridgehead atoms. The molecule has 2 aromatic heterocycles. The summed E-state index contributed by atoms with van der Waals surface area (Å²) in [6.07, 6.45) is -3.15. The van der Waals surface area contributed by atoms with E-state index < -0.39 is 12.1 Å². The van der Waals surface area contributed by atoms with Crippen molar-refractivity contribution in [1.82, 2.24) is 9.88 Å². The number of carbonyl (C=O) groups excluding carboxylic acids is 1. The van der Waals surface area contributed by atoms with Crippen molar-refractivity contribution in [2.45, 2.75) is 25.6 Å². The van der Waals surface area contributed by atoms with Crippen molar-refractivity contribution in [3.8, 4) is 17.0 Å². The van der Waals surface area contributed by atoms with Crippen LogP contribution in [0, 0.1) is 0 Å². The van der Waals surface area contributed by atoms with Gasteiger partial charge in [0.2, 0.25) is 0 Å². The first-order valence-electron chi connectivity index (χ1n) is 10.7. The first kappa shape index (κ1) is 24.7. The van der Waals surface area contributed by atoms with Crippen LogP contribution < -0.4 is 10.1 Å². The molecule has 0 fully saturated rings. The average Bonchev–Trinajstić information content (AvgIpc) is 3.45. The summed E-state index contributed by atoms with van der Waals surface area (Å²) in [5.74, 6) is -1.31. The maximum atomic E-state index is 12.7. The van der Waals surface area contributed by atoms with Crippen molar-refractivity contribution in [3.63, 3.8) is 0 Å². The van der Waals surface area contributed by atoms with E-state index in [-0.39, 0.29) is 5.91 Å². The number of nitrogens with one attached hydrogen (secondary N) is 1. The van der Waals surface area contributed by atoms with Crippen molar-refractivity contribution < 1.29 is 32.6 Å². The summed E-state index contributed by atoms with van der Waals surface area (Å²) in [5.41, 5.74) is 4.40. The third kappa shape index (κ3) is 5.98. The Hall–Kier alpha value is -3.44. The molecular weight excluding hydrogens is 483 g/mol. The fourth-order valence-electron chi connectivity index (χ4n) is 3.75. The quantitative estimate of drug-likeness (QED) is 0.540. The van der Waals surface area contributed by atoms with Crippen molar-refractivity contribution in [1.29, 1.82) is 0 Å². The highest BCUT2D eigenvalue weighted by atomic mass is 32.1. The number of benzene rings is 1. The summed E-state index contributed by atoms with van der Waals surface area (Å²) in [4.78, 5) is 30.6. The highest BCUT2D eigenvalue weighted by Crippen LogP contribution is 2.31. The Bertz CT molecular complexity index is 1260. The zero-order valence-corrected chi connectivity index (χ0v) is 19.5. The van der Waals surface area contributed by atoms with Crippen LogP contribution in [0.3, 0.4) is 0 Å². The van der Waals surface area contributed by atoms with Gasteiger partial charge in [-0.2, -0.15) is 13.2 Å². The standard InChI is InChI=1S/C22H21N3O2S.C2HF3O2/c1-25-9-7-16-12-19(28-20(16)13-25)22(26)24-21-4-2-3-17(23-21)14-5-6-18-15(11-14)8-10-27-18;3-2(4,5)1(6)7/h2-6,11-12H,7-10,13H2,1H3,(H,23,24,26);(H,6,7). The van der Waals surface area contributed by atoms with Crippen molar-refractivity contribution in [2.24, 2.45) is 0 Å². The fourth-order valence-corrected chi connectivity index (χ4v) is 4.94. The van der Waals surface area contributed by atoms with E-state index in [1.807, 2.05) is 36.4 Å². The van der Waals surface area contributed by atoms with E-state index in [9.17, 15) is 18.0 Å². The number of carboxylic acids is 1. The number of likely N-dealkylation sites (N-methyl/N-ethyl adjacent to an activating group) is 1. The van der Waals surface area contributed by atoms with E-state index in [0.29, 0.717) is 5.82 Å². The fraction of sp³-hybridized carbons (Fsp3) is 0.292. The number of amides is 1. The molecule has 1 aromatic carbocycles. The van der Waals surface area contributed by atoms with Gasteiger partial charge in [-0.1, -0.05) is 6.07 Å². The normalized spacial score (nSPS) is 14.7. The first-order valence-corrected chi connectivity index (χ1v) is 11.6. The lowest BCUT2D eigenvalue weighted by Crippen LogP contribution is -2.24. The van der Waals surface area contributed by atoms with Gasteiger partial charge in [0.25, 0.3) is 5.91 Å². The van der Waals surface area contributed by atoms with Crippen molar-refractivity contribution in [2.75, 3.05) is 25.5 Å². The molecule has 7 nitrogen and oxygen atoms in total. The van der Waals surface area contributed by atoms with Gasteiger partial charge >= 0.3 is 12.1 Å². The van der Waals surface area contributed by atoms with Crippen LogP contribution in [0.1, 0.15) is 25.7 Å². The summed E-state index contributed by atoms with van der Waals surface area (Å²) >= 11 is 1.59. The van der Waals surface area contributed by atoms with Gasteiger partial charge in [-0.3, -0.25) is 4.79 Å². The number of hydrogen-bond donors (Lipinski definition) is 2. The highest BCUT2D eigenvalue weighted by Gasteiger charge is 2.38. The Morgan fingerprint density at radius 3 is 2.66 bits per heavy atom. The van der Waals surface area contributed by atoms with E-state index in [0.717, 1.165) is 54.4 Å². The Kier molecular flexibility index (Phi) is 7.08. The second kappa shape index (κ2) is 10.0. The molecule has 1 amide bonds. The number of carbonyl (C=O) groups is 2. The van der Waals surface area contributed by atoms with Crippen molar-refractivity contribution >= 4 is 29.0 Å². The molecule has 0 aliphatic carbocycles. The lowest BCUT2D eigenvalue weighted by atomic mass is 10.1. The van der Waals surface area contributed by atoms with Gasteiger partial charge in [-0.15, -0.1) is 11.3 Å². The van der Waals surface area contributed by atoms with Crippen LogP contribution in [-0.4, -0.2) is 53.2 Å². The number of thiophene rings is 1. The minimum Gasteiger partial charge on any atom is -0.493 e. The number of rotatable bonds is 3. The van der Waals surface area contributed by atoms with Gasteiger partial charge in [-0.25, -0.2) is 9.78 Å². The summed E-state index contributed by atoms with van der Waals surface area (Å²) in [7, 11) is 2.11. The van der Waals surface area contributed by atoms with Gasteiger partial charge in [0.1, 0.15) is 11.6 Å². The molecule has 2 aliphatic rings. The van der Waals surface area contributed by atoms with Crippen LogP contribution >= 0.6 is 11.3 Å². The number of nitrogens with zero attached hydrogens (tertiary/aromatic N) is 2. The number of carboxylic acid groups (broad SMARTS) is 1. The number of halogens is 3. The molecule has 0 saturated heterocycles. The molecule has 4 heterocycles. The van der Waals surface area contributed by atoms with Crippen molar-refractivity contribution in [3.05, 3.63) is 63.3 Å². The summed E-state index contributed by atoms with van der Waals surface area (Å²) in [6, 6.07) is 13.9. The van der Waals surface area contributed by atoms with Gasteiger partial charge in [-0.05, 0) is 61.0 Å². The van der Waals surface area contributed by atoms with Gasteiger partial charge in [0, 0.05) is 30.0 Å². The van der Waals surface area contributed by atoms with Crippen LogP contribution in [0.15, 0.2) is 42.5 Å². The smallest absolute Gasteiger partial charge is 0.490 e. The van der Waals surface area contributed by atoms with Gasteiger partial charge in [0.15, 0.2) is 0 Å². The van der Waals surface area contributed by atoms with Crippen LogP contribution in [0.2, 0.25) is 0 Å². The summed E-state index contributed by atoms with van der Waals surface area (Å²) in [6.45, 7) is 2.70. The van der Waals surface area contributed by atoms with E-state index in [4.69, 9.17) is 14.6 Å². The maximum absolute atomic E-state index is 12.7. The predicted octanol–water partition coefficient (Wildman–Crippen LogP) is 4.62. The Morgan fingerprint density at radius 1 is 1.14 bits per heavy atom. The lowest BCUT2D eigenvalue weighted by Gasteiger charge is -2.21. The number of pyridine rings is 1. The molecule has 2 N–H and O–H groups in total. The number of ether oxygens (including phenoxy) is 1. The Balaban J connectivity index is 0.000000364. The lowest BCUT2D eigenvalue weighted by molar-refractivity contribution is -0.192. The number of aliphatic carboxylic acids is 1. The van der Waals surface area contributed by atoms with Gasteiger partial charge in [0.05, 0.1) is 17.2 Å². The third-order valence-corrected chi connectivity index (χ3v) is 6.68. The topological polar surface area (TPSA) is 91.8 Å². The molecule has 0 spiro atoms. The first-order chi connectivity index (χ1) is 16.6. The highest BCUT2D eigenvalue weighted by molar-refractivity contribution is 7.14. The van der Waals surface area contributed by atoms with Crippen LogP contribution in [0.25, 0.3) is 11.3 Å². The minimum absolute atomic E-state index is 0.0888.